The van der Waals surface area contributed by atoms with Gasteiger partial charge in [-0.15, -0.1) is 0 Å². The van der Waals surface area contributed by atoms with Gasteiger partial charge in [0.25, 0.3) is 0 Å². The second-order valence-electron chi connectivity index (χ2n) is 3.95. The summed E-state index contributed by atoms with van der Waals surface area (Å²) in [5, 5.41) is 0.0301. The summed E-state index contributed by atoms with van der Waals surface area (Å²) in [5.41, 5.74) is 6.57. The van der Waals surface area contributed by atoms with E-state index in [9.17, 15) is 4.39 Å². The molecule has 2 nitrogen and oxygen atoms in total. The molecule has 0 aliphatic carbocycles. The van der Waals surface area contributed by atoms with Crippen LogP contribution in [-0.2, 0) is 0 Å². The molecule has 1 atom stereocenters. The van der Waals surface area contributed by atoms with E-state index in [2.05, 4.69) is 15.9 Å². The molecule has 2 rings (SSSR count). The minimum absolute atomic E-state index is 0.0301. The summed E-state index contributed by atoms with van der Waals surface area (Å²) < 4.78 is 20.3. The molecule has 0 spiro atoms. The van der Waals surface area contributed by atoms with E-state index in [-0.39, 0.29) is 17.3 Å². The number of hydrogen-bond acceptors (Lipinski definition) is 2. The van der Waals surface area contributed by atoms with Gasteiger partial charge < -0.3 is 10.5 Å². The molecule has 2 N–H and O–H groups in total. The lowest BCUT2D eigenvalue weighted by Crippen LogP contribution is -2.19. The van der Waals surface area contributed by atoms with Crippen LogP contribution in [-0.4, -0.2) is 6.54 Å². The normalized spacial score (nSPS) is 12.2. The number of rotatable bonds is 4. The van der Waals surface area contributed by atoms with Crippen molar-refractivity contribution in [1.29, 1.82) is 0 Å². The molecule has 0 aromatic heterocycles. The van der Waals surface area contributed by atoms with Crippen LogP contribution in [0.2, 0.25) is 5.02 Å². The lowest BCUT2D eigenvalue weighted by atomic mass is 10.1. The van der Waals surface area contributed by atoms with Gasteiger partial charge in [-0.2, -0.15) is 0 Å². The lowest BCUT2D eigenvalue weighted by molar-refractivity contribution is 0.204. The van der Waals surface area contributed by atoms with Crippen molar-refractivity contribution in [3.8, 4) is 5.75 Å². The van der Waals surface area contributed by atoms with E-state index >= 15 is 0 Å². The highest BCUT2D eigenvalue weighted by atomic mass is 79.9. The Morgan fingerprint density at radius 3 is 2.68 bits per heavy atom. The van der Waals surface area contributed by atoms with Crippen molar-refractivity contribution in [2.75, 3.05) is 6.54 Å². The molecule has 100 valence electrons. The van der Waals surface area contributed by atoms with Gasteiger partial charge in [0.2, 0.25) is 0 Å². The first-order chi connectivity index (χ1) is 9.11. The van der Waals surface area contributed by atoms with Crippen molar-refractivity contribution in [3.05, 3.63) is 63.3 Å². The standard InChI is InChI=1S/C14H12BrClFNO/c15-10-4-1-3-9(7-10)13(8-18)19-12-6-2-5-11(16)14(12)17/h1-7,13H,8,18H2. The number of nitrogens with two attached hydrogens (primary N) is 1. The Morgan fingerprint density at radius 1 is 1.26 bits per heavy atom. The summed E-state index contributed by atoms with van der Waals surface area (Å²) >= 11 is 9.10. The third-order valence-electron chi connectivity index (χ3n) is 2.62. The fourth-order valence-electron chi connectivity index (χ4n) is 1.69. The molecule has 0 bridgehead atoms. The van der Waals surface area contributed by atoms with E-state index in [0.717, 1.165) is 10.0 Å². The second kappa shape index (κ2) is 6.37. The van der Waals surface area contributed by atoms with Gasteiger partial charge >= 0.3 is 0 Å². The zero-order valence-electron chi connectivity index (χ0n) is 9.95. The zero-order valence-corrected chi connectivity index (χ0v) is 12.3. The molecule has 0 aliphatic rings. The van der Waals surface area contributed by atoms with Crippen molar-refractivity contribution < 1.29 is 9.13 Å². The average Bonchev–Trinajstić information content (AvgIpc) is 2.40. The van der Waals surface area contributed by atoms with Crippen molar-refractivity contribution in [3.63, 3.8) is 0 Å². The Hall–Kier alpha value is -1.10. The van der Waals surface area contributed by atoms with Crippen LogP contribution in [0.3, 0.4) is 0 Å². The van der Waals surface area contributed by atoms with E-state index in [4.69, 9.17) is 22.1 Å². The molecule has 0 saturated heterocycles. The molecule has 0 amide bonds. The summed E-state index contributed by atoms with van der Waals surface area (Å²) in [4.78, 5) is 0. The number of benzene rings is 2. The molecule has 0 heterocycles. The molecule has 0 fully saturated rings. The Labute approximate surface area is 124 Å². The molecule has 1 unspecified atom stereocenters. The van der Waals surface area contributed by atoms with Crippen LogP contribution in [0.1, 0.15) is 11.7 Å². The Balaban J connectivity index is 2.26. The smallest absolute Gasteiger partial charge is 0.183 e. The molecular formula is C14H12BrClFNO. The quantitative estimate of drug-likeness (QED) is 0.896. The van der Waals surface area contributed by atoms with Gasteiger partial charge in [0.1, 0.15) is 6.10 Å². The summed E-state index contributed by atoms with van der Waals surface area (Å²) in [7, 11) is 0. The van der Waals surface area contributed by atoms with Gasteiger partial charge in [-0.25, -0.2) is 4.39 Å². The first-order valence-electron chi connectivity index (χ1n) is 5.68. The third kappa shape index (κ3) is 3.47. The molecule has 5 heteroatoms. The largest absolute Gasteiger partial charge is 0.481 e. The highest BCUT2D eigenvalue weighted by Gasteiger charge is 2.15. The summed E-state index contributed by atoms with van der Waals surface area (Å²) in [6.07, 6.45) is -0.425. The van der Waals surface area contributed by atoms with Crippen LogP contribution < -0.4 is 10.5 Å². The van der Waals surface area contributed by atoms with Crippen LogP contribution in [0, 0.1) is 5.82 Å². The van der Waals surface area contributed by atoms with Gasteiger partial charge in [-0.1, -0.05) is 45.7 Å². The summed E-state index contributed by atoms with van der Waals surface area (Å²) in [6, 6.07) is 12.2. The maximum absolute atomic E-state index is 13.8. The third-order valence-corrected chi connectivity index (χ3v) is 3.41. The Morgan fingerprint density at radius 2 is 2.00 bits per heavy atom. The first kappa shape index (κ1) is 14.3. The van der Waals surface area contributed by atoms with Crippen LogP contribution in [0.15, 0.2) is 46.9 Å². The van der Waals surface area contributed by atoms with Crippen LogP contribution >= 0.6 is 27.5 Å². The highest BCUT2D eigenvalue weighted by Crippen LogP contribution is 2.29. The highest BCUT2D eigenvalue weighted by molar-refractivity contribution is 9.10. The number of ether oxygens (including phenoxy) is 1. The van der Waals surface area contributed by atoms with Gasteiger partial charge in [0.15, 0.2) is 11.6 Å². The first-order valence-corrected chi connectivity index (χ1v) is 6.85. The summed E-state index contributed by atoms with van der Waals surface area (Å²) in [6.45, 7) is 0.238. The summed E-state index contributed by atoms with van der Waals surface area (Å²) in [5.74, 6) is -0.472. The van der Waals surface area contributed by atoms with Crippen molar-refractivity contribution in [2.24, 2.45) is 5.73 Å². The predicted octanol–water partition coefficient (Wildman–Crippen LogP) is 4.32. The molecule has 0 saturated carbocycles. The molecule has 0 radical (unpaired) electrons. The zero-order chi connectivity index (χ0) is 13.8. The van der Waals surface area contributed by atoms with E-state index in [1.165, 1.54) is 12.1 Å². The Bertz CT molecular complexity index is 579. The van der Waals surface area contributed by atoms with Crippen molar-refractivity contribution in [2.45, 2.75) is 6.10 Å². The van der Waals surface area contributed by atoms with Gasteiger partial charge in [0, 0.05) is 11.0 Å². The van der Waals surface area contributed by atoms with Gasteiger partial charge in [-0.05, 0) is 29.8 Å². The molecule has 19 heavy (non-hydrogen) atoms. The molecule has 2 aromatic rings. The van der Waals surface area contributed by atoms with E-state index in [1.807, 2.05) is 24.3 Å². The van der Waals surface area contributed by atoms with E-state index < -0.39 is 11.9 Å². The number of hydrogen-bond donors (Lipinski definition) is 1. The van der Waals surface area contributed by atoms with E-state index in [0.29, 0.717) is 0 Å². The lowest BCUT2D eigenvalue weighted by Gasteiger charge is -2.18. The molecule has 0 aliphatic heterocycles. The van der Waals surface area contributed by atoms with Crippen LogP contribution in [0.4, 0.5) is 4.39 Å². The fourth-order valence-corrected chi connectivity index (χ4v) is 2.27. The van der Waals surface area contributed by atoms with Crippen LogP contribution in [0.5, 0.6) is 5.75 Å². The van der Waals surface area contributed by atoms with E-state index in [1.54, 1.807) is 6.07 Å². The topological polar surface area (TPSA) is 35.2 Å². The Kier molecular flexibility index (Phi) is 4.80. The van der Waals surface area contributed by atoms with Gasteiger partial charge in [0.05, 0.1) is 5.02 Å². The molecule has 2 aromatic carbocycles. The minimum Gasteiger partial charge on any atom is -0.481 e. The van der Waals surface area contributed by atoms with Crippen molar-refractivity contribution >= 4 is 27.5 Å². The predicted molar refractivity (Wildman–Crippen MR) is 78.0 cm³/mol. The second-order valence-corrected chi connectivity index (χ2v) is 5.27. The number of halogens is 3. The average molecular weight is 345 g/mol. The van der Waals surface area contributed by atoms with Crippen LogP contribution in [0.25, 0.3) is 0 Å². The monoisotopic (exact) mass is 343 g/mol. The maximum Gasteiger partial charge on any atom is 0.183 e. The minimum atomic E-state index is -0.572. The maximum atomic E-state index is 13.8. The SMILES string of the molecule is NCC(Oc1cccc(Cl)c1F)c1cccc(Br)c1. The molecular weight excluding hydrogens is 333 g/mol. The van der Waals surface area contributed by atoms with Gasteiger partial charge in [-0.3, -0.25) is 0 Å². The fraction of sp³-hybridized carbons (Fsp3) is 0.143. The van der Waals surface area contributed by atoms with Crippen molar-refractivity contribution in [1.82, 2.24) is 0 Å².